The minimum atomic E-state index is -0.468. The smallest absolute Gasteiger partial charge is 0.283 e. The van der Waals surface area contributed by atoms with Crippen molar-refractivity contribution in [2.24, 2.45) is 5.92 Å². The van der Waals surface area contributed by atoms with E-state index in [-0.39, 0.29) is 17.6 Å². The Bertz CT molecular complexity index is 550. The quantitative estimate of drug-likeness (QED) is 0.641. The van der Waals surface area contributed by atoms with Gasteiger partial charge in [-0.15, -0.1) is 0 Å². The number of nitrogens with zero attached hydrogens (tertiary/aromatic N) is 1. The molecule has 1 heterocycles. The Morgan fingerprint density at radius 2 is 2.33 bits per heavy atom. The van der Waals surface area contributed by atoms with Crippen LogP contribution in [0.3, 0.4) is 0 Å². The van der Waals surface area contributed by atoms with Gasteiger partial charge in [-0.2, -0.15) is 0 Å². The minimum absolute atomic E-state index is 0.0187. The molecule has 0 aromatic heterocycles. The number of anilines is 1. The number of benzene rings is 1. The topological polar surface area (TPSA) is 84.3 Å². The van der Waals surface area contributed by atoms with Crippen molar-refractivity contribution >= 4 is 33.2 Å². The van der Waals surface area contributed by atoms with Crippen LogP contribution in [-0.2, 0) is 4.79 Å². The van der Waals surface area contributed by atoms with Crippen LogP contribution in [0.5, 0.6) is 0 Å². The lowest BCUT2D eigenvalue weighted by atomic mass is 9.90. The summed E-state index contributed by atoms with van der Waals surface area (Å²) in [7, 11) is 0. The van der Waals surface area contributed by atoms with E-state index in [4.69, 9.17) is 0 Å². The summed E-state index contributed by atoms with van der Waals surface area (Å²) >= 11 is 3.15. The molecule has 2 unspecified atom stereocenters. The lowest BCUT2D eigenvalue weighted by Gasteiger charge is -2.28. The molecule has 1 aliphatic rings. The molecule has 1 aliphatic heterocycles. The number of nitro groups is 1. The third kappa shape index (κ3) is 4.01. The number of piperidine rings is 1. The molecule has 0 bridgehead atoms. The third-order valence-corrected chi connectivity index (χ3v) is 4.45. The lowest BCUT2D eigenvalue weighted by molar-refractivity contribution is -0.385. The monoisotopic (exact) mass is 355 g/mol. The van der Waals surface area contributed by atoms with Crippen LogP contribution in [-0.4, -0.2) is 23.4 Å². The summed E-state index contributed by atoms with van der Waals surface area (Å²) in [5.41, 5.74) is 0.535. The molecule has 7 heteroatoms. The normalized spacial score (nSPS) is 21.8. The van der Waals surface area contributed by atoms with Crippen molar-refractivity contribution in [1.82, 2.24) is 5.32 Å². The van der Waals surface area contributed by atoms with Gasteiger partial charge in [0.2, 0.25) is 5.91 Å². The van der Waals surface area contributed by atoms with Crippen molar-refractivity contribution in [3.63, 3.8) is 0 Å². The van der Waals surface area contributed by atoms with Gasteiger partial charge in [0.15, 0.2) is 0 Å². The van der Waals surface area contributed by atoms with Gasteiger partial charge in [-0.25, -0.2) is 0 Å². The highest BCUT2D eigenvalue weighted by Crippen LogP contribution is 2.28. The maximum atomic E-state index is 12.2. The van der Waals surface area contributed by atoms with E-state index >= 15 is 0 Å². The average Bonchev–Trinajstić information content (AvgIpc) is 2.47. The molecule has 0 spiro atoms. The van der Waals surface area contributed by atoms with E-state index < -0.39 is 4.92 Å². The first-order chi connectivity index (χ1) is 10.0. The van der Waals surface area contributed by atoms with Gasteiger partial charge in [-0.3, -0.25) is 14.9 Å². The van der Waals surface area contributed by atoms with E-state index in [0.29, 0.717) is 16.1 Å². The summed E-state index contributed by atoms with van der Waals surface area (Å²) in [6, 6.07) is 4.28. The number of hydrogen-bond acceptors (Lipinski definition) is 4. The Hall–Kier alpha value is -1.47. The zero-order valence-electron chi connectivity index (χ0n) is 11.8. The first-order valence-corrected chi connectivity index (χ1v) is 7.78. The fraction of sp³-hybridized carbons (Fsp3) is 0.500. The van der Waals surface area contributed by atoms with Gasteiger partial charge in [-0.1, -0.05) is 13.3 Å². The molecule has 2 atom stereocenters. The van der Waals surface area contributed by atoms with Crippen LogP contribution < -0.4 is 10.6 Å². The van der Waals surface area contributed by atoms with Gasteiger partial charge in [-0.05, 0) is 53.4 Å². The Balaban J connectivity index is 2.02. The molecule has 1 saturated heterocycles. The maximum Gasteiger partial charge on any atom is 0.283 e. The van der Waals surface area contributed by atoms with E-state index in [1.165, 1.54) is 6.07 Å². The SMILES string of the molecule is CCC1CCNC(C(=O)Nc2ccc([N+](=O)[O-])c(Br)c2)C1. The lowest BCUT2D eigenvalue weighted by Crippen LogP contribution is -2.46. The predicted octanol–water partition coefficient (Wildman–Crippen LogP) is 3.07. The second-order valence-corrected chi connectivity index (χ2v) is 6.07. The van der Waals surface area contributed by atoms with Crippen molar-refractivity contribution < 1.29 is 9.72 Å². The van der Waals surface area contributed by atoms with Crippen LogP contribution in [0.15, 0.2) is 22.7 Å². The first-order valence-electron chi connectivity index (χ1n) is 6.99. The van der Waals surface area contributed by atoms with Gasteiger partial charge in [0, 0.05) is 11.8 Å². The van der Waals surface area contributed by atoms with E-state index in [9.17, 15) is 14.9 Å². The van der Waals surface area contributed by atoms with Gasteiger partial charge < -0.3 is 10.6 Å². The predicted molar refractivity (Wildman–Crippen MR) is 84.2 cm³/mol. The largest absolute Gasteiger partial charge is 0.325 e. The van der Waals surface area contributed by atoms with Gasteiger partial charge in [0.1, 0.15) is 0 Å². The summed E-state index contributed by atoms with van der Waals surface area (Å²) < 4.78 is 0.355. The molecular formula is C14H18BrN3O3. The molecule has 1 aromatic rings. The summed E-state index contributed by atoms with van der Waals surface area (Å²) in [5, 5.41) is 16.8. The highest BCUT2D eigenvalue weighted by atomic mass is 79.9. The number of nitro benzene ring substituents is 1. The van der Waals surface area contributed by atoms with Gasteiger partial charge in [0.25, 0.3) is 5.69 Å². The number of carbonyl (C=O) groups is 1. The third-order valence-electron chi connectivity index (χ3n) is 3.82. The Morgan fingerprint density at radius 3 is 2.95 bits per heavy atom. The number of amides is 1. The minimum Gasteiger partial charge on any atom is -0.325 e. The molecule has 1 aromatic carbocycles. The van der Waals surface area contributed by atoms with Gasteiger partial charge >= 0.3 is 0 Å². The summed E-state index contributed by atoms with van der Waals surface area (Å²) in [4.78, 5) is 22.5. The molecule has 0 aliphatic carbocycles. The Labute approximate surface area is 131 Å². The summed E-state index contributed by atoms with van der Waals surface area (Å²) in [6.45, 7) is 2.99. The highest BCUT2D eigenvalue weighted by Gasteiger charge is 2.26. The van der Waals surface area contributed by atoms with E-state index in [1.807, 2.05) is 0 Å². The standard InChI is InChI=1S/C14H18BrN3O3/c1-2-9-5-6-16-12(7-9)14(19)17-10-3-4-13(18(20)21)11(15)8-10/h3-4,8-9,12,16H,2,5-7H2,1H3,(H,17,19). The molecule has 2 rings (SSSR count). The van der Waals surface area contributed by atoms with Crippen LogP contribution in [0.1, 0.15) is 26.2 Å². The zero-order chi connectivity index (χ0) is 15.4. The van der Waals surface area contributed by atoms with Crippen molar-refractivity contribution in [2.45, 2.75) is 32.2 Å². The summed E-state index contributed by atoms with van der Waals surface area (Å²) in [5.74, 6) is 0.486. The number of halogens is 1. The zero-order valence-corrected chi connectivity index (χ0v) is 13.4. The Morgan fingerprint density at radius 1 is 1.57 bits per heavy atom. The Kier molecular flexibility index (Phi) is 5.30. The van der Waals surface area contributed by atoms with Crippen LogP contribution in [0, 0.1) is 16.0 Å². The number of nitrogens with one attached hydrogen (secondary N) is 2. The van der Waals surface area contributed by atoms with Crippen LogP contribution in [0.4, 0.5) is 11.4 Å². The molecule has 114 valence electrons. The fourth-order valence-corrected chi connectivity index (χ4v) is 3.05. The second-order valence-electron chi connectivity index (χ2n) is 5.22. The fourth-order valence-electron chi connectivity index (χ4n) is 2.53. The molecule has 2 N–H and O–H groups in total. The molecule has 6 nitrogen and oxygen atoms in total. The average molecular weight is 356 g/mol. The highest BCUT2D eigenvalue weighted by molar-refractivity contribution is 9.10. The molecule has 0 saturated carbocycles. The molecular weight excluding hydrogens is 338 g/mol. The maximum absolute atomic E-state index is 12.2. The van der Waals surface area contributed by atoms with Crippen molar-refractivity contribution in [2.75, 3.05) is 11.9 Å². The van der Waals surface area contributed by atoms with Crippen LogP contribution >= 0.6 is 15.9 Å². The number of hydrogen-bond donors (Lipinski definition) is 2. The van der Waals surface area contributed by atoms with Crippen molar-refractivity contribution in [1.29, 1.82) is 0 Å². The molecule has 21 heavy (non-hydrogen) atoms. The molecule has 1 amide bonds. The van der Waals surface area contributed by atoms with Crippen molar-refractivity contribution in [3.05, 3.63) is 32.8 Å². The van der Waals surface area contributed by atoms with Gasteiger partial charge in [0.05, 0.1) is 15.4 Å². The first kappa shape index (κ1) is 15.9. The van der Waals surface area contributed by atoms with E-state index in [0.717, 1.165) is 25.8 Å². The van der Waals surface area contributed by atoms with E-state index in [2.05, 4.69) is 33.5 Å². The number of carbonyl (C=O) groups excluding carboxylic acids is 1. The summed E-state index contributed by atoms with van der Waals surface area (Å²) in [6.07, 6.45) is 3.01. The number of rotatable bonds is 4. The van der Waals surface area contributed by atoms with Crippen molar-refractivity contribution in [3.8, 4) is 0 Å². The second kappa shape index (κ2) is 7.00. The van der Waals surface area contributed by atoms with Crippen LogP contribution in [0.2, 0.25) is 0 Å². The van der Waals surface area contributed by atoms with Crippen LogP contribution in [0.25, 0.3) is 0 Å². The van der Waals surface area contributed by atoms with E-state index in [1.54, 1.807) is 12.1 Å². The molecule has 1 fully saturated rings. The molecule has 0 radical (unpaired) electrons.